The van der Waals surface area contributed by atoms with Crippen molar-refractivity contribution in [3.05, 3.63) is 35.9 Å². The molecular formula is C12H13FO4. The first kappa shape index (κ1) is 13.2. The minimum absolute atomic E-state index is 0.403. The zero-order valence-electron chi connectivity index (χ0n) is 9.55. The van der Waals surface area contributed by atoms with Crippen molar-refractivity contribution in [3.8, 4) is 0 Å². The summed E-state index contributed by atoms with van der Waals surface area (Å²) >= 11 is 0. The van der Waals surface area contributed by atoms with Gasteiger partial charge in [-0.05, 0) is 5.56 Å². The Morgan fingerprint density at radius 3 is 2.29 bits per heavy atom. The minimum atomic E-state index is -2.04. The van der Waals surface area contributed by atoms with Gasteiger partial charge in [0.25, 0.3) is 0 Å². The summed E-state index contributed by atoms with van der Waals surface area (Å²) < 4.78 is 22.9. The van der Waals surface area contributed by atoms with Gasteiger partial charge < -0.3 is 9.47 Å². The van der Waals surface area contributed by atoms with Gasteiger partial charge in [-0.15, -0.1) is 0 Å². The van der Waals surface area contributed by atoms with Gasteiger partial charge in [0.2, 0.25) is 6.17 Å². The van der Waals surface area contributed by atoms with Gasteiger partial charge in [0.1, 0.15) is 0 Å². The fourth-order valence-electron chi connectivity index (χ4n) is 1.35. The fourth-order valence-corrected chi connectivity index (χ4v) is 1.35. The number of hydrogen-bond acceptors (Lipinski definition) is 4. The molecule has 0 aromatic heterocycles. The molecule has 4 nitrogen and oxygen atoms in total. The molecule has 0 aliphatic rings. The van der Waals surface area contributed by atoms with E-state index < -0.39 is 24.2 Å². The van der Waals surface area contributed by atoms with Gasteiger partial charge in [-0.1, -0.05) is 30.3 Å². The van der Waals surface area contributed by atoms with E-state index in [1.54, 1.807) is 30.3 Å². The molecule has 1 aromatic rings. The van der Waals surface area contributed by atoms with Crippen molar-refractivity contribution in [2.24, 2.45) is 0 Å². The Morgan fingerprint density at radius 2 is 1.82 bits per heavy atom. The molecule has 1 rings (SSSR count). The van der Waals surface area contributed by atoms with E-state index in [4.69, 9.17) is 4.74 Å². The van der Waals surface area contributed by atoms with Crippen molar-refractivity contribution in [2.75, 3.05) is 7.11 Å². The van der Waals surface area contributed by atoms with Gasteiger partial charge in [-0.2, -0.15) is 0 Å². The minimum Gasteiger partial charge on any atom is -0.467 e. The van der Waals surface area contributed by atoms with Crippen LogP contribution in [0, 0.1) is 0 Å². The van der Waals surface area contributed by atoms with Crippen LogP contribution in [0.1, 0.15) is 18.6 Å². The summed E-state index contributed by atoms with van der Waals surface area (Å²) in [5.74, 6) is -1.73. The monoisotopic (exact) mass is 240 g/mol. The number of carbonyl (C=O) groups excluding carboxylic acids is 2. The second kappa shape index (κ2) is 5.98. The molecule has 0 spiro atoms. The number of rotatable bonds is 4. The van der Waals surface area contributed by atoms with Crippen LogP contribution in [0.25, 0.3) is 0 Å². The molecule has 0 aliphatic carbocycles. The third kappa shape index (κ3) is 3.55. The average Bonchev–Trinajstić information content (AvgIpc) is 2.35. The third-order valence-corrected chi connectivity index (χ3v) is 2.11. The van der Waals surface area contributed by atoms with Crippen molar-refractivity contribution in [3.63, 3.8) is 0 Å². The molecule has 92 valence electrons. The lowest BCUT2D eigenvalue weighted by molar-refractivity contribution is -0.161. The first-order valence-electron chi connectivity index (χ1n) is 5.00. The Balaban J connectivity index is 2.95. The maximum atomic E-state index is 13.8. The van der Waals surface area contributed by atoms with Crippen LogP contribution in [0.2, 0.25) is 0 Å². The SMILES string of the molecule is COC(=O)C(F)C(OC(C)=O)c1ccccc1. The Bertz CT molecular complexity index is 391. The van der Waals surface area contributed by atoms with Crippen molar-refractivity contribution in [1.29, 1.82) is 0 Å². The van der Waals surface area contributed by atoms with E-state index in [2.05, 4.69) is 4.74 Å². The number of ether oxygens (including phenoxy) is 2. The lowest BCUT2D eigenvalue weighted by Crippen LogP contribution is -2.28. The van der Waals surface area contributed by atoms with E-state index in [0.29, 0.717) is 5.56 Å². The van der Waals surface area contributed by atoms with Crippen LogP contribution >= 0.6 is 0 Å². The molecule has 2 atom stereocenters. The van der Waals surface area contributed by atoms with Crippen LogP contribution in [-0.4, -0.2) is 25.2 Å². The maximum absolute atomic E-state index is 13.8. The summed E-state index contributed by atoms with van der Waals surface area (Å²) in [5, 5.41) is 0. The van der Waals surface area contributed by atoms with E-state index in [9.17, 15) is 14.0 Å². The number of benzene rings is 1. The Morgan fingerprint density at radius 1 is 1.24 bits per heavy atom. The summed E-state index contributed by atoms with van der Waals surface area (Å²) in [6.07, 6.45) is -3.31. The van der Waals surface area contributed by atoms with Crippen molar-refractivity contribution < 1.29 is 23.5 Å². The highest BCUT2D eigenvalue weighted by Crippen LogP contribution is 2.24. The van der Waals surface area contributed by atoms with E-state index in [1.165, 1.54) is 0 Å². The molecule has 0 radical (unpaired) electrons. The van der Waals surface area contributed by atoms with Gasteiger partial charge in [0, 0.05) is 6.92 Å². The summed E-state index contributed by atoms with van der Waals surface area (Å²) in [5.41, 5.74) is 0.403. The molecule has 0 amide bonds. The van der Waals surface area contributed by atoms with Crippen molar-refractivity contribution in [2.45, 2.75) is 19.2 Å². The Kier molecular flexibility index (Phi) is 4.63. The summed E-state index contributed by atoms with van der Waals surface area (Å²) in [4.78, 5) is 22.0. The number of hydrogen-bond donors (Lipinski definition) is 0. The van der Waals surface area contributed by atoms with E-state index >= 15 is 0 Å². The zero-order chi connectivity index (χ0) is 12.8. The molecule has 0 bridgehead atoms. The molecule has 17 heavy (non-hydrogen) atoms. The van der Waals surface area contributed by atoms with Crippen LogP contribution in [0.3, 0.4) is 0 Å². The van der Waals surface area contributed by atoms with E-state index in [-0.39, 0.29) is 0 Å². The first-order valence-corrected chi connectivity index (χ1v) is 5.00. The van der Waals surface area contributed by atoms with Crippen LogP contribution in [0.15, 0.2) is 30.3 Å². The lowest BCUT2D eigenvalue weighted by atomic mass is 10.1. The van der Waals surface area contributed by atoms with Crippen molar-refractivity contribution in [1.82, 2.24) is 0 Å². The largest absolute Gasteiger partial charge is 0.467 e. The number of halogens is 1. The number of alkyl halides is 1. The van der Waals surface area contributed by atoms with Gasteiger partial charge in [0.15, 0.2) is 6.10 Å². The molecule has 0 saturated carbocycles. The number of methoxy groups -OCH3 is 1. The average molecular weight is 240 g/mol. The molecule has 1 aromatic carbocycles. The third-order valence-electron chi connectivity index (χ3n) is 2.11. The van der Waals surface area contributed by atoms with Gasteiger partial charge in [-0.3, -0.25) is 4.79 Å². The second-order valence-electron chi connectivity index (χ2n) is 3.37. The quantitative estimate of drug-likeness (QED) is 0.753. The number of carbonyl (C=O) groups is 2. The van der Waals surface area contributed by atoms with Gasteiger partial charge in [-0.25, -0.2) is 9.18 Å². The normalized spacial score (nSPS) is 13.6. The highest BCUT2D eigenvalue weighted by Gasteiger charge is 2.32. The molecule has 0 fully saturated rings. The standard InChI is InChI=1S/C12H13FO4/c1-8(14)17-11(10(13)12(15)16-2)9-6-4-3-5-7-9/h3-7,10-11H,1-2H3. The molecular weight excluding hydrogens is 227 g/mol. The summed E-state index contributed by atoms with van der Waals surface area (Å²) in [7, 11) is 1.07. The molecule has 0 N–H and O–H groups in total. The summed E-state index contributed by atoms with van der Waals surface area (Å²) in [6, 6.07) is 8.21. The van der Waals surface area contributed by atoms with E-state index in [1.807, 2.05) is 0 Å². The lowest BCUT2D eigenvalue weighted by Gasteiger charge is -2.19. The maximum Gasteiger partial charge on any atom is 0.344 e. The highest BCUT2D eigenvalue weighted by molar-refractivity contribution is 5.76. The second-order valence-corrected chi connectivity index (χ2v) is 3.37. The van der Waals surface area contributed by atoms with E-state index in [0.717, 1.165) is 14.0 Å². The highest BCUT2D eigenvalue weighted by atomic mass is 19.1. The van der Waals surface area contributed by atoms with Crippen LogP contribution in [0.5, 0.6) is 0 Å². The van der Waals surface area contributed by atoms with Crippen LogP contribution < -0.4 is 0 Å². The van der Waals surface area contributed by atoms with Gasteiger partial charge >= 0.3 is 11.9 Å². The van der Waals surface area contributed by atoms with Crippen LogP contribution in [-0.2, 0) is 19.1 Å². The van der Waals surface area contributed by atoms with Gasteiger partial charge in [0.05, 0.1) is 7.11 Å². The zero-order valence-corrected chi connectivity index (χ0v) is 9.55. The number of esters is 2. The molecule has 0 saturated heterocycles. The smallest absolute Gasteiger partial charge is 0.344 e. The predicted octanol–water partition coefficient (Wildman–Crippen LogP) is 1.80. The molecule has 2 unspecified atom stereocenters. The predicted molar refractivity (Wildman–Crippen MR) is 57.9 cm³/mol. The fraction of sp³-hybridized carbons (Fsp3) is 0.333. The molecule has 0 heterocycles. The molecule has 0 aliphatic heterocycles. The van der Waals surface area contributed by atoms with Crippen molar-refractivity contribution >= 4 is 11.9 Å². The Labute approximate surface area is 98.3 Å². The first-order chi connectivity index (χ1) is 8.06. The molecule has 5 heteroatoms. The topological polar surface area (TPSA) is 52.6 Å². The van der Waals surface area contributed by atoms with Crippen LogP contribution in [0.4, 0.5) is 4.39 Å². The summed E-state index contributed by atoms with van der Waals surface area (Å²) in [6.45, 7) is 1.15. The Hall–Kier alpha value is -1.91.